The van der Waals surface area contributed by atoms with Gasteiger partial charge in [0.1, 0.15) is 0 Å². The Hall–Kier alpha value is -0.860. The fourth-order valence-electron chi connectivity index (χ4n) is 3.59. The summed E-state index contributed by atoms with van der Waals surface area (Å²) in [5.41, 5.74) is 1.51. The van der Waals surface area contributed by atoms with Crippen LogP contribution < -0.4 is 5.32 Å². The Morgan fingerprint density at radius 2 is 1.95 bits per heavy atom. The summed E-state index contributed by atoms with van der Waals surface area (Å²) in [4.78, 5) is 2.61. The minimum absolute atomic E-state index is 0.675. The van der Waals surface area contributed by atoms with Crippen LogP contribution in [0.4, 0.5) is 0 Å². The zero-order valence-corrected chi connectivity index (χ0v) is 12.7. The Labute approximate surface area is 123 Å². The van der Waals surface area contributed by atoms with Gasteiger partial charge in [-0.2, -0.15) is 0 Å². The molecule has 1 saturated carbocycles. The molecule has 0 radical (unpaired) electrons. The lowest BCUT2D eigenvalue weighted by atomic mass is 9.84. The molecule has 1 aliphatic heterocycles. The second-order valence-corrected chi connectivity index (χ2v) is 6.60. The Morgan fingerprint density at radius 3 is 2.60 bits per heavy atom. The number of nitrogens with zero attached hydrogens (tertiary/aromatic N) is 1. The van der Waals surface area contributed by atoms with Crippen molar-refractivity contribution in [1.29, 1.82) is 0 Å². The van der Waals surface area contributed by atoms with Gasteiger partial charge >= 0.3 is 0 Å². The summed E-state index contributed by atoms with van der Waals surface area (Å²) in [7, 11) is 0. The molecular weight excluding hydrogens is 244 g/mol. The lowest BCUT2D eigenvalue weighted by molar-refractivity contribution is 0.169. The first-order valence-corrected chi connectivity index (χ1v) is 8.36. The minimum Gasteiger partial charge on any atom is -0.312 e. The fraction of sp³-hybridized carbons (Fsp3) is 0.667. The van der Waals surface area contributed by atoms with E-state index in [-0.39, 0.29) is 0 Å². The summed E-state index contributed by atoms with van der Waals surface area (Å²) >= 11 is 0. The van der Waals surface area contributed by atoms with E-state index in [1.54, 1.807) is 0 Å². The summed E-state index contributed by atoms with van der Waals surface area (Å²) < 4.78 is 0. The van der Waals surface area contributed by atoms with Crippen LogP contribution in [-0.2, 0) is 0 Å². The molecule has 0 amide bonds. The van der Waals surface area contributed by atoms with Gasteiger partial charge in [0.25, 0.3) is 0 Å². The third-order valence-electron chi connectivity index (χ3n) is 5.16. The van der Waals surface area contributed by atoms with Crippen molar-refractivity contribution >= 4 is 0 Å². The van der Waals surface area contributed by atoms with Crippen LogP contribution in [0.1, 0.15) is 44.1 Å². The van der Waals surface area contributed by atoms with Crippen LogP contribution in [0.5, 0.6) is 0 Å². The van der Waals surface area contributed by atoms with E-state index in [9.17, 15) is 0 Å². The lowest BCUT2D eigenvalue weighted by Crippen LogP contribution is -2.49. The number of likely N-dealkylation sites (N-methyl/N-ethyl adjacent to an activating group) is 1. The zero-order chi connectivity index (χ0) is 13.8. The van der Waals surface area contributed by atoms with Crippen molar-refractivity contribution in [2.75, 3.05) is 26.2 Å². The largest absolute Gasteiger partial charge is 0.312 e. The molecule has 0 bridgehead atoms. The van der Waals surface area contributed by atoms with Gasteiger partial charge in [-0.25, -0.2) is 0 Å². The third kappa shape index (κ3) is 3.42. The maximum Gasteiger partial charge on any atom is 0.0201 e. The van der Waals surface area contributed by atoms with E-state index in [0.717, 1.165) is 5.92 Å². The lowest BCUT2D eigenvalue weighted by Gasteiger charge is -2.39. The number of nitrogens with one attached hydrogen (secondary N) is 1. The van der Waals surface area contributed by atoms with Gasteiger partial charge in [0.15, 0.2) is 0 Å². The van der Waals surface area contributed by atoms with Crippen molar-refractivity contribution in [2.45, 2.75) is 44.6 Å². The van der Waals surface area contributed by atoms with E-state index in [0.29, 0.717) is 12.0 Å². The highest BCUT2D eigenvalue weighted by Gasteiger charge is 2.28. The predicted octanol–water partition coefficient (Wildman–Crippen LogP) is 3.25. The maximum atomic E-state index is 3.85. The molecule has 1 aromatic carbocycles. The maximum absolute atomic E-state index is 3.85. The minimum atomic E-state index is 0.675. The van der Waals surface area contributed by atoms with E-state index in [1.807, 2.05) is 0 Å². The molecule has 2 fully saturated rings. The van der Waals surface area contributed by atoms with Crippen molar-refractivity contribution in [3.05, 3.63) is 35.9 Å². The molecule has 2 nitrogen and oxygen atoms in total. The molecule has 1 aromatic rings. The van der Waals surface area contributed by atoms with E-state index < -0.39 is 0 Å². The number of hydrogen-bond acceptors (Lipinski definition) is 2. The highest BCUT2D eigenvalue weighted by molar-refractivity contribution is 5.21. The standard InChI is InChI=1S/C18H28N2/c1-2-20-13-17(16-9-4-3-5-10-16)11-18(14-20)19-12-15-7-6-8-15/h3-5,9-10,15,17-19H,2,6-8,11-14H2,1H3. The first kappa shape index (κ1) is 14.1. The van der Waals surface area contributed by atoms with E-state index >= 15 is 0 Å². The van der Waals surface area contributed by atoms with Gasteiger partial charge < -0.3 is 10.2 Å². The van der Waals surface area contributed by atoms with Gasteiger partial charge in [0.2, 0.25) is 0 Å². The van der Waals surface area contributed by atoms with E-state index in [1.165, 1.54) is 57.4 Å². The Kier molecular flexibility index (Phi) is 4.74. The summed E-state index contributed by atoms with van der Waals surface area (Å²) in [6, 6.07) is 11.7. The Balaban J connectivity index is 1.59. The summed E-state index contributed by atoms with van der Waals surface area (Å²) in [6.45, 7) is 7.15. The van der Waals surface area contributed by atoms with Gasteiger partial charge in [-0.15, -0.1) is 0 Å². The SMILES string of the molecule is CCN1CC(NCC2CCC2)CC(c2ccccc2)C1. The predicted molar refractivity (Wildman–Crippen MR) is 85.0 cm³/mol. The van der Waals surface area contributed by atoms with E-state index in [2.05, 4.69) is 47.5 Å². The van der Waals surface area contributed by atoms with Crippen molar-refractivity contribution in [3.8, 4) is 0 Å². The molecule has 1 saturated heterocycles. The quantitative estimate of drug-likeness (QED) is 0.885. The van der Waals surface area contributed by atoms with Gasteiger partial charge in [-0.1, -0.05) is 43.7 Å². The van der Waals surface area contributed by atoms with Crippen LogP contribution in [-0.4, -0.2) is 37.1 Å². The average molecular weight is 272 g/mol. The van der Waals surface area contributed by atoms with Crippen molar-refractivity contribution in [2.24, 2.45) is 5.92 Å². The molecule has 2 unspecified atom stereocenters. The fourth-order valence-corrected chi connectivity index (χ4v) is 3.59. The second kappa shape index (κ2) is 6.73. The molecule has 110 valence electrons. The summed E-state index contributed by atoms with van der Waals surface area (Å²) in [5.74, 6) is 1.66. The smallest absolute Gasteiger partial charge is 0.0201 e. The first-order chi connectivity index (χ1) is 9.85. The number of benzene rings is 1. The molecule has 2 atom stereocenters. The normalized spacial score (nSPS) is 28.2. The number of hydrogen-bond donors (Lipinski definition) is 1. The summed E-state index contributed by atoms with van der Waals surface area (Å²) in [6.07, 6.45) is 5.64. The first-order valence-electron chi connectivity index (χ1n) is 8.36. The molecule has 0 spiro atoms. The van der Waals surface area contributed by atoms with Crippen molar-refractivity contribution in [3.63, 3.8) is 0 Å². The molecule has 0 aromatic heterocycles. The molecule has 20 heavy (non-hydrogen) atoms. The number of likely N-dealkylation sites (tertiary alicyclic amines) is 1. The zero-order valence-electron chi connectivity index (χ0n) is 12.7. The molecular formula is C18H28N2. The molecule has 1 heterocycles. The number of piperidine rings is 1. The second-order valence-electron chi connectivity index (χ2n) is 6.60. The highest BCUT2D eigenvalue weighted by atomic mass is 15.2. The van der Waals surface area contributed by atoms with Crippen LogP contribution in [0.2, 0.25) is 0 Å². The van der Waals surface area contributed by atoms with Crippen LogP contribution in [0.25, 0.3) is 0 Å². The van der Waals surface area contributed by atoms with Gasteiger partial charge in [-0.05, 0) is 49.8 Å². The molecule has 3 rings (SSSR count). The molecule has 1 aliphatic carbocycles. The summed E-state index contributed by atoms with van der Waals surface area (Å²) in [5, 5.41) is 3.85. The Bertz CT molecular complexity index is 399. The van der Waals surface area contributed by atoms with Crippen LogP contribution >= 0.6 is 0 Å². The van der Waals surface area contributed by atoms with E-state index in [4.69, 9.17) is 0 Å². The monoisotopic (exact) mass is 272 g/mol. The highest BCUT2D eigenvalue weighted by Crippen LogP contribution is 2.29. The molecule has 2 aliphatic rings. The average Bonchev–Trinajstić information content (AvgIpc) is 2.46. The Morgan fingerprint density at radius 1 is 1.15 bits per heavy atom. The van der Waals surface area contributed by atoms with Crippen molar-refractivity contribution < 1.29 is 0 Å². The van der Waals surface area contributed by atoms with Crippen LogP contribution in [0.15, 0.2) is 30.3 Å². The van der Waals surface area contributed by atoms with Gasteiger partial charge in [0.05, 0.1) is 0 Å². The molecule has 1 N–H and O–H groups in total. The third-order valence-corrected chi connectivity index (χ3v) is 5.16. The van der Waals surface area contributed by atoms with Crippen LogP contribution in [0.3, 0.4) is 0 Å². The number of rotatable bonds is 5. The van der Waals surface area contributed by atoms with Gasteiger partial charge in [-0.3, -0.25) is 0 Å². The van der Waals surface area contributed by atoms with Crippen LogP contribution in [0, 0.1) is 5.92 Å². The topological polar surface area (TPSA) is 15.3 Å². The van der Waals surface area contributed by atoms with Gasteiger partial charge in [0, 0.05) is 19.1 Å². The van der Waals surface area contributed by atoms with Crippen molar-refractivity contribution in [1.82, 2.24) is 10.2 Å². The molecule has 2 heteroatoms.